The lowest BCUT2D eigenvalue weighted by Gasteiger charge is -2.15. The van der Waals surface area contributed by atoms with Crippen molar-refractivity contribution in [2.45, 2.75) is 0 Å². The number of nitriles is 1. The van der Waals surface area contributed by atoms with Gasteiger partial charge in [-0.15, -0.1) is 0 Å². The standard InChI is InChI=1S/C43H25NO2/c44-26-27-22-30(28-10-2-1-3-11-28)24-31(23-27)39-25-29(32-14-8-16-37-34-12-4-6-18-40(34)45-42(32)37)20-21-33(39)36-15-9-17-38-35-13-5-7-19-41(35)46-43(36)38/h1-25H. The van der Waals surface area contributed by atoms with Gasteiger partial charge in [-0.05, 0) is 69.8 Å². The Morgan fingerprint density at radius 2 is 0.957 bits per heavy atom. The summed E-state index contributed by atoms with van der Waals surface area (Å²) in [6, 6.07) is 54.3. The van der Waals surface area contributed by atoms with Crippen LogP contribution in [0.3, 0.4) is 0 Å². The van der Waals surface area contributed by atoms with Gasteiger partial charge in [-0.1, -0.05) is 115 Å². The molecule has 214 valence electrons. The monoisotopic (exact) mass is 587 g/mol. The number of nitrogens with zero attached hydrogens (tertiary/aromatic N) is 1. The molecule has 46 heavy (non-hydrogen) atoms. The number of furan rings is 2. The number of rotatable bonds is 4. The van der Waals surface area contributed by atoms with Gasteiger partial charge < -0.3 is 8.83 Å². The van der Waals surface area contributed by atoms with Crippen LogP contribution in [-0.4, -0.2) is 0 Å². The molecule has 0 saturated heterocycles. The summed E-state index contributed by atoms with van der Waals surface area (Å²) in [5.74, 6) is 0. The van der Waals surface area contributed by atoms with Gasteiger partial charge in [-0.25, -0.2) is 0 Å². The van der Waals surface area contributed by atoms with Crippen LogP contribution in [0.15, 0.2) is 160 Å². The third-order valence-corrected chi connectivity index (χ3v) is 8.91. The third kappa shape index (κ3) is 4.13. The van der Waals surface area contributed by atoms with Gasteiger partial charge in [-0.3, -0.25) is 0 Å². The lowest BCUT2D eigenvalue weighted by atomic mass is 9.88. The molecule has 0 fully saturated rings. The van der Waals surface area contributed by atoms with E-state index < -0.39 is 0 Å². The van der Waals surface area contributed by atoms with Crippen LogP contribution in [0.4, 0.5) is 0 Å². The van der Waals surface area contributed by atoms with Crippen molar-refractivity contribution in [3.05, 3.63) is 157 Å². The first-order chi connectivity index (χ1) is 22.7. The zero-order valence-electron chi connectivity index (χ0n) is 24.7. The van der Waals surface area contributed by atoms with Crippen LogP contribution in [0.25, 0.3) is 88.4 Å². The van der Waals surface area contributed by atoms with Crippen LogP contribution in [0.1, 0.15) is 5.56 Å². The van der Waals surface area contributed by atoms with Crippen molar-refractivity contribution in [3.63, 3.8) is 0 Å². The molecule has 9 aromatic rings. The van der Waals surface area contributed by atoms with Crippen molar-refractivity contribution in [1.82, 2.24) is 0 Å². The van der Waals surface area contributed by atoms with E-state index in [4.69, 9.17) is 8.83 Å². The van der Waals surface area contributed by atoms with Crippen LogP contribution < -0.4 is 0 Å². The Hall–Kier alpha value is -6.37. The van der Waals surface area contributed by atoms with Gasteiger partial charge in [0.1, 0.15) is 22.3 Å². The molecule has 0 aliphatic carbocycles. The van der Waals surface area contributed by atoms with E-state index in [9.17, 15) is 5.26 Å². The lowest BCUT2D eigenvalue weighted by Crippen LogP contribution is -1.91. The second-order valence-electron chi connectivity index (χ2n) is 11.6. The molecule has 0 aliphatic heterocycles. The fourth-order valence-electron chi connectivity index (χ4n) is 6.76. The number of hydrogen-bond acceptors (Lipinski definition) is 3. The summed E-state index contributed by atoms with van der Waals surface area (Å²) in [5.41, 5.74) is 12.1. The topological polar surface area (TPSA) is 50.1 Å². The van der Waals surface area contributed by atoms with Gasteiger partial charge in [0.25, 0.3) is 0 Å². The van der Waals surface area contributed by atoms with Crippen molar-refractivity contribution in [3.8, 4) is 50.6 Å². The molecule has 0 bridgehead atoms. The van der Waals surface area contributed by atoms with Crippen LogP contribution >= 0.6 is 0 Å². The highest BCUT2D eigenvalue weighted by Gasteiger charge is 2.19. The van der Waals surface area contributed by atoms with Crippen LogP contribution in [0.2, 0.25) is 0 Å². The summed E-state index contributed by atoms with van der Waals surface area (Å²) in [6.07, 6.45) is 0. The maximum atomic E-state index is 10.1. The molecule has 0 amide bonds. The molecule has 3 nitrogen and oxygen atoms in total. The summed E-state index contributed by atoms with van der Waals surface area (Å²) in [7, 11) is 0. The minimum absolute atomic E-state index is 0.606. The molecule has 0 atom stereocenters. The molecule has 2 aromatic heterocycles. The van der Waals surface area contributed by atoms with Crippen molar-refractivity contribution in [1.29, 1.82) is 5.26 Å². The molecule has 0 saturated carbocycles. The zero-order valence-corrected chi connectivity index (χ0v) is 24.7. The van der Waals surface area contributed by atoms with E-state index in [2.05, 4.69) is 91.0 Å². The lowest BCUT2D eigenvalue weighted by molar-refractivity contribution is 0.669. The molecular formula is C43H25NO2. The van der Waals surface area contributed by atoms with Crippen molar-refractivity contribution >= 4 is 43.9 Å². The first-order valence-electron chi connectivity index (χ1n) is 15.3. The predicted molar refractivity (Wildman–Crippen MR) is 187 cm³/mol. The molecule has 0 spiro atoms. The number of benzene rings is 7. The van der Waals surface area contributed by atoms with Gasteiger partial charge in [0.05, 0.1) is 11.6 Å². The first kappa shape index (κ1) is 26.1. The average molecular weight is 588 g/mol. The largest absolute Gasteiger partial charge is 0.455 e. The van der Waals surface area contributed by atoms with Crippen molar-refractivity contribution in [2.24, 2.45) is 0 Å². The van der Waals surface area contributed by atoms with E-state index in [1.165, 1.54) is 0 Å². The van der Waals surface area contributed by atoms with Crippen molar-refractivity contribution < 1.29 is 8.83 Å². The summed E-state index contributed by atoms with van der Waals surface area (Å²) in [6.45, 7) is 0. The van der Waals surface area contributed by atoms with Gasteiger partial charge in [0.2, 0.25) is 0 Å². The molecule has 0 radical (unpaired) electrons. The van der Waals surface area contributed by atoms with Gasteiger partial charge >= 0.3 is 0 Å². The number of hydrogen-bond donors (Lipinski definition) is 0. The Morgan fingerprint density at radius 3 is 1.65 bits per heavy atom. The fraction of sp³-hybridized carbons (Fsp3) is 0. The zero-order chi connectivity index (χ0) is 30.6. The van der Waals surface area contributed by atoms with Gasteiger partial charge in [0, 0.05) is 32.7 Å². The Morgan fingerprint density at radius 1 is 0.370 bits per heavy atom. The first-order valence-corrected chi connectivity index (χ1v) is 15.3. The minimum Gasteiger partial charge on any atom is -0.455 e. The Balaban J connectivity index is 1.33. The molecular weight excluding hydrogens is 562 g/mol. The van der Waals surface area contributed by atoms with E-state index in [1.54, 1.807) is 0 Å². The maximum absolute atomic E-state index is 10.1. The highest BCUT2D eigenvalue weighted by atomic mass is 16.3. The van der Waals surface area contributed by atoms with Crippen LogP contribution in [0, 0.1) is 11.3 Å². The average Bonchev–Trinajstić information content (AvgIpc) is 3.70. The van der Waals surface area contributed by atoms with Gasteiger partial charge in [0.15, 0.2) is 0 Å². The normalized spacial score (nSPS) is 11.5. The Kier molecular flexibility index (Phi) is 5.88. The van der Waals surface area contributed by atoms with Gasteiger partial charge in [-0.2, -0.15) is 5.26 Å². The summed E-state index contributed by atoms with van der Waals surface area (Å²) < 4.78 is 13.0. The fourth-order valence-corrected chi connectivity index (χ4v) is 6.76. The second kappa shape index (κ2) is 10.4. The van der Waals surface area contributed by atoms with E-state index in [-0.39, 0.29) is 0 Å². The quantitative estimate of drug-likeness (QED) is 0.206. The van der Waals surface area contributed by atoms with E-state index >= 15 is 0 Å². The van der Waals surface area contributed by atoms with Crippen LogP contribution in [-0.2, 0) is 0 Å². The van der Waals surface area contributed by atoms with E-state index in [0.29, 0.717) is 5.56 Å². The Labute approximate surface area is 265 Å². The SMILES string of the molecule is N#Cc1cc(-c2ccccc2)cc(-c2cc(-c3cccc4c3oc3ccccc34)ccc2-c2cccc3c2oc2ccccc23)c1. The molecule has 0 N–H and O–H groups in total. The van der Waals surface area contributed by atoms with Crippen molar-refractivity contribution in [2.75, 3.05) is 0 Å². The summed E-state index contributed by atoms with van der Waals surface area (Å²) in [5, 5.41) is 14.5. The maximum Gasteiger partial charge on any atom is 0.143 e. The minimum atomic E-state index is 0.606. The Bertz CT molecular complexity index is 2650. The second-order valence-corrected chi connectivity index (χ2v) is 11.6. The summed E-state index contributed by atoms with van der Waals surface area (Å²) >= 11 is 0. The molecule has 7 aromatic carbocycles. The van der Waals surface area contributed by atoms with Crippen LogP contribution in [0.5, 0.6) is 0 Å². The smallest absolute Gasteiger partial charge is 0.143 e. The molecule has 9 rings (SSSR count). The van der Waals surface area contributed by atoms with E-state index in [1.807, 2.05) is 66.7 Å². The molecule has 0 unspecified atom stereocenters. The highest BCUT2D eigenvalue weighted by Crippen LogP contribution is 2.44. The molecule has 0 aliphatic rings. The number of para-hydroxylation sites is 4. The highest BCUT2D eigenvalue weighted by molar-refractivity contribution is 6.12. The molecule has 3 heteroatoms. The third-order valence-electron chi connectivity index (χ3n) is 8.91. The summed E-state index contributed by atoms with van der Waals surface area (Å²) in [4.78, 5) is 0. The predicted octanol–water partition coefficient (Wildman–Crippen LogP) is 12.0. The van der Waals surface area contributed by atoms with E-state index in [0.717, 1.165) is 88.4 Å². The molecule has 2 heterocycles. The number of fused-ring (bicyclic) bond motifs is 6.